The van der Waals surface area contributed by atoms with Gasteiger partial charge in [0.2, 0.25) is 0 Å². The van der Waals surface area contributed by atoms with Crippen molar-refractivity contribution in [3.63, 3.8) is 0 Å². The monoisotopic (exact) mass is 334 g/mol. The van der Waals surface area contributed by atoms with Gasteiger partial charge in [-0.05, 0) is 19.8 Å². The third kappa shape index (κ3) is 12.4. The first-order valence-electron chi connectivity index (χ1n) is 8.48. The molecule has 138 valence electrons. The normalized spacial score (nSPS) is 15.6. The number of aliphatic carboxylic acids is 1. The molecule has 3 atom stereocenters. The summed E-state index contributed by atoms with van der Waals surface area (Å²) in [7, 11) is 0. The molecule has 0 fully saturated rings. The van der Waals surface area contributed by atoms with Crippen LogP contribution in [0.1, 0.15) is 41.0 Å². The maximum Gasteiger partial charge on any atom is 0.305 e. The van der Waals surface area contributed by atoms with E-state index in [2.05, 4.69) is 13.8 Å². The van der Waals surface area contributed by atoms with Crippen molar-refractivity contribution in [3.8, 4) is 0 Å². The molecule has 0 radical (unpaired) electrons. The fraction of sp³-hybridized carbons (Fsp3) is 0.941. The van der Waals surface area contributed by atoms with Crippen molar-refractivity contribution >= 4 is 5.97 Å². The van der Waals surface area contributed by atoms with Gasteiger partial charge < -0.3 is 24.1 Å². The van der Waals surface area contributed by atoms with Crippen LogP contribution in [0.5, 0.6) is 0 Å². The van der Waals surface area contributed by atoms with E-state index in [9.17, 15) is 4.79 Å². The first-order valence-corrected chi connectivity index (χ1v) is 8.48. The van der Waals surface area contributed by atoms with E-state index >= 15 is 0 Å². The highest BCUT2D eigenvalue weighted by Gasteiger charge is 2.26. The van der Waals surface area contributed by atoms with Gasteiger partial charge in [-0.2, -0.15) is 0 Å². The van der Waals surface area contributed by atoms with Crippen LogP contribution in [-0.4, -0.2) is 62.9 Å². The summed E-state index contributed by atoms with van der Waals surface area (Å²) in [6.45, 7) is 13.2. The summed E-state index contributed by atoms with van der Waals surface area (Å²) < 4.78 is 22.1. The lowest BCUT2D eigenvalue weighted by atomic mass is 9.96. The van der Waals surface area contributed by atoms with E-state index in [4.69, 9.17) is 24.1 Å². The van der Waals surface area contributed by atoms with Crippen LogP contribution in [0.3, 0.4) is 0 Å². The highest BCUT2D eigenvalue weighted by Crippen LogP contribution is 2.19. The van der Waals surface area contributed by atoms with Crippen LogP contribution < -0.4 is 0 Å². The van der Waals surface area contributed by atoms with Crippen molar-refractivity contribution in [3.05, 3.63) is 0 Å². The zero-order valence-corrected chi connectivity index (χ0v) is 15.2. The predicted octanol–water partition coefficient (Wildman–Crippen LogP) is 2.60. The Kier molecular flexibility index (Phi) is 13.3. The second kappa shape index (κ2) is 13.7. The van der Waals surface area contributed by atoms with Gasteiger partial charge in [0.1, 0.15) is 0 Å². The number of carbonyl (C=O) groups is 1. The molecule has 6 heteroatoms. The Morgan fingerprint density at radius 1 is 0.957 bits per heavy atom. The topological polar surface area (TPSA) is 74.2 Å². The molecule has 6 nitrogen and oxygen atoms in total. The Labute approximate surface area is 140 Å². The van der Waals surface area contributed by atoms with Gasteiger partial charge in [-0.15, -0.1) is 0 Å². The lowest BCUT2D eigenvalue weighted by Crippen LogP contribution is -2.35. The SMILES string of the molecule is CCOCCOCCOC(CC(=O)O)C(C)C(C)OCC(C)C. The maximum atomic E-state index is 11.0. The molecule has 0 aliphatic heterocycles. The summed E-state index contributed by atoms with van der Waals surface area (Å²) >= 11 is 0. The molecule has 0 heterocycles. The summed E-state index contributed by atoms with van der Waals surface area (Å²) in [6, 6.07) is 0. The lowest BCUT2D eigenvalue weighted by molar-refractivity contribution is -0.143. The molecule has 0 aliphatic rings. The Morgan fingerprint density at radius 3 is 2.13 bits per heavy atom. The van der Waals surface area contributed by atoms with Crippen molar-refractivity contribution in [2.24, 2.45) is 11.8 Å². The Morgan fingerprint density at radius 2 is 1.57 bits per heavy atom. The molecular weight excluding hydrogens is 300 g/mol. The summed E-state index contributed by atoms with van der Waals surface area (Å²) in [5.41, 5.74) is 0. The number of rotatable bonds is 15. The van der Waals surface area contributed by atoms with Crippen LogP contribution in [0.25, 0.3) is 0 Å². The molecule has 0 aromatic carbocycles. The molecule has 0 amide bonds. The van der Waals surface area contributed by atoms with E-state index in [1.807, 2.05) is 20.8 Å². The second-order valence-corrected chi connectivity index (χ2v) is 6.11. The van der Waals surface area contributed by atoms with Gasteiger partial charge >= 0.3 is 5.97 Å². The van der Waals surface area contributed by atoms with Crippen LogP contribution in [0.2, 0.25) is 0 Å². The molecule has 0 rings (SSSR count). The minimum absolute atomic E-state index is 0.00623. The van der Waals surface area contributed by atoms with Gasteiger partial charge in [0, 0.05) is 19.1 Å². The average Bonchev–Trinajstić information content (AvgIpc) is 2.49. The zero-order valence-electron chi connectivity index (χ0n) is 15.2. The summed E-state index contributed by atoms with van der Waals surface area (Å²) in [6.07, 6.45) is -0.471. The van der Waals surface area contributed by atoms with Crippen LogP contribution >= 0.6 is 0 Å². The van der Waals surface area contributed by atoms with Gasteiger partial charge in [-0.1, -0.05) is 20.8 Å². The third-order valence-electron chi connectivity index (χ3n) is 3.53. The zero-order chi connectivity index (χ0) is 17.7. The van der Waals surface area contributed by atoms with Crippen LogP contribution in [-0.2, 0) is 23.7 Å². The summed E-state index contributed by atoms with van der Waals surface area (Å²) in [4.78, 5) is 11.0. The van der Waals surface area contributed by atoms with Crippen molar-refractivity contribution < 1.29 is 28.8 Å². The minimum atomic E-state index is -0.866. The van der Waals surface area contributed by atoms with E-state index < -0.39 is 5.97 Å². The average molecular weight is 334 g/mol. The molecule has 0 aromatic heterocycles. The minimum Gasteiger partial charge on any atom is -0.481 e. The first-order chi connectivity index (χ1) is 10.9. The van der Waals surface area contributed by atoms with E-state index in [1.54, 1.807) is 0 Å². The smallest absolute Gasteiger partial charge is 0.305 e. The number of carboxylic acid groups (broad SMARTS) is 1. The molecule has 0 saturated heterocycles. The summed E-state index contributed by atoms with van der Waals surface area (Å²) in [5, 5.41) is 9.06. The van der Waals surface area contributed by atoms with Crippen molar-refractivity contribution in [2.45, 2.75) is 53.2 Å². The molecule has 0 aliphatic carbocycles. The van der Waals surface area contributed by atoms with E-state index in [-0.39, 0.29) is 24.5 Å². The van der Waals surface area contributed by atoms with Crippen LogP contribution in [0.15, 0.2) is 0 Å². The standard InChI is InChI=1S/C17H34O6/c1-6-20-7-8-21-9-10-22-16(11-17(18)19)14(4)15(5)23-12-13(2)3/h13-16H,6-12H2,1-5H3,(H,18,19). The van der Waals surface area contributed by atoms with Gasteiger partial charge in [-0.3, -0.25) is 4.79 Å². The van der Waals surface area contributed by atoms with Gasteiger partial charge in [-0.25, -0.2) is 0 Å². The molecule has 0 saturated carbocycles. The Balaban J connectivity index is 4.15. The van der Waals surface area contributed by atoms with Gasteiger partial charge in [0.25, 0.3) is 0 Å². The predicted molar refractivity (Wildman–Crippen MR) is 88.7 cm³/mol. The van der Waals surface area contributed by atoms with Crippen molar-refractivity contribution in [1.29, 1.82) is 0 Å². The second-order valence-electron chi connectivity index (χ2n) is 6.11. The quantitative estimate of drug-likeness (QED) is 0.464. The summed E-state index contributed by atoms with van der Waals surface area (Å²) in [5.74, 6) is -0.425. The van der Waals surface area contributed by atoms with Crippen molar-refractivity contribution in [1.82, 2.24) is 0 Å². The number of carboxylic acids is 1. The fourth-order valence-electron chi connectivity index (χ4n) is 1.99. The molecule has 23 heavy (non-hydrogen) atoms. The highest BCUT2D eigenvalue weighted by atomic mass is 16.5. The number of ether oxygens (including phenoxy) is 4. The fourth-order valence-corrected chi connectivity index (χ4v) is 1.99. The number of hydrogen-bond donors (Lipinski definition) is 1. The first kappa shape index (κ1) is 22.3. The van der Waals surface area contributed by atoms with Gasteiger partial charge in [0.05, 0.1) is 45.1 Å². The highest BCUT2D eigenvalue weighted by molar-refractivity contribution is 5.67. The molecular formula is C17H34O6. The molecule has 3 unspecified atom stereocenters. The van der Waals surface area contributed by atoms with E-state index in [1.165, 1.54) is 0 Å². The molecule has 1 N–H and O–H groups in total. The van der Waals surface area contributed by atoms with E-state index in [0.717, 1.165) is 0 Å². The van der Waals surface area contributed by atoms with Gasteiger partial charge in [0.15, 0.2) is 0 Å². The maximum absolute atomic E-state index is 11.0. The van der Waals surface area contributed by atoms with E-state index in [0.29, 0.717) is 45.6 Å². The molecule has 0 bridgehead atoms. The van der Waals surface area contributed by atoms with Crippen molar-refractivity contribution in [2.75, 3.05) is 39.6 Å². The molecule has 0 aromatic rings. The Bertz CT molecular complexity index is 295. The molecule has 0 spiro atoms. The number of hydrogen-bond acceptors (Lipinski definition) is 5. The Hall–Kier alpha value is -0.690. The third-order valence-corrected chi connectivity index (χ3v) is 3.53. The van der Waals surface area contributed by atoms with Crippen LogP contribution in [0.4, 0.5) is 0 Å². The largest absolute Gasteiger partial charge is 0.481 e. The lowest BCUT2D eigenvalue weighted by Gasteiger charge is -2.28. The van der Waals surface area contributed by atoms with Crippen LogP contribution in [0, 0.1) is 11.8 Å².